The van der Waals surface area contributed by atoms with Crippen LogP contribution in [-0.2, 0) is 9.13 Å². The molecule has 0 radical (unpaired) electrons. The Morgan fingerprint density at radius 1 is 0.700 bits per heavy atom. The highest BCUT2D eigenvalue weighted by Crippen LogP contribution is 2.54. The molecule has 1 aromatic rings. The van der Waals surface area contributed by atoms with E-state index in [1.54, 1.807) is 24.3 Å². The molecule has 0 saturated heterocycles. The molecule has 1 aromatic carbocycles. The van der Waals surface area contributed by atoms with Crippen LogP contribution < -0.4 is 0 Å². The normalized spacial score (nSPS) is 16.0. The summed E-state index contributed by atoms with van der Waals surface area (Å²) in [5.74, 6) is -1.34. The maximum Gasteiger partial charge on any atom is 0.335 e. The van der Waals surface area contributed by atoms with Crippen LogP contribution in [0.5, 0.6) is 0 Å². The van der Waals surface area contributed by atoms with E-state index in [2.05, 4.69) is 0 Å². The van der Waals surface area contributed by atoms with Crippen LogP contribution >= 0.6 is 15.0 Å². The number of hydrogen-bond acceptors (Lipinski definition) is 4. The lowest BCUT2D eigenvalue weighted by Crippen LogP contribution is -2.30. The maximum absolute atomic E-state index is 12.3. The van der Waals surface area contributed by atoms with Gasteiger partial charge in [-0.3, -0.25) is 23.6 Å². The van der Waals surface area contributed by atoms with E-state index in [0.717, 1.165) is 51.4 Å². The van der Waals surface area contributed by atoms with Crippen LogP contribution in [0.4, 0.5) is 0 Å². The number of benzene rings is 1. The molecule has 1 unspecified atom stereocenters. The number of amides is 2. The summed E-state index contributed by atoms with van der Waals surface area (Å²) in [5.41, 5.74) is 0.976. The first-order chi connectivity index (χ1) is 14.1. The van der Waals surface area contributed by atoms with Gasteiger partial charge in [-0.1, -0.05) is 57.1 Å². The minimum absolute atomic E-state index is 0.0457. The third-order valence-corrected chi connectivity index (χ3v) is 9.43. The zero-order chi connectivity index (χ0) is 22.2. The second-order valence-electron chi connectivity index (χ2n) is 7.87. The van der Waals surface area contributed by atoms with Crippen LogP contribution in [0.2, 0.25) is 0 Å². The first kappa shape index (κ1) is 25.0. The number of rotatable bonds is 14. The van der Waals surface area contributed by atoms with Gasteiger partial charge in [-0.25, -0.2) is 0 Å². The van der Waals surface area contributed by atoms with Crippen molar-refractivity contribution in [3.63, 3.8) is 0 Å². The smallest absolute Gasteiger partial charge is 0.335 e. The molecule has 1 aliphatic rings. The largest absolute Gasteiger partial charge is 0.344 e. The lowest BCUT2D eigenvalue weighted by atomic mass is 10.1. The first-order valence-electron chi connectivity index (χ1n) is 10.4. The van der Waals surface area contributed by atoms with E-state index in [-0.39, 0.29) is 18.0 Å². The van der Waals surface area contributed by atoms with E-state index >= 15 is 0 Å². The molecule has 0 fully saturated rings. The van der Waals surface area contributed by atoms with Crippen molar-refractivity contribution in [3.8, 4) is 0 Å². The van der Waals surface area contributed by atoms with Crippen LogP contribution in [-0.4, -0.2) is 50.0 Å². The molecule has 3 N–H and O–H groups in total. The molecule has 168 valence electrons. The summed E-state index contributed by atoms with van der Waals surface area (Å²) in [4.78, 5) is 53.0. The highest BCUT2D eigenvalue weighted by atomic mass is 31.2. The van der Waals surface area contributed by atoms with E-state index in [9.17, 15) is 23.6 Å². The van der Waals surface area contributed by atoms with Gasteiger partial charge in [0.25, 0.3) is 11.8 Å². The molecule has 30 heavy (non-hydrogen) atoms. The summed E-state index contributed by atoms with van der Waals surface area (Å²) in [7, 11) is -8.19. The van der Waals surface area contributed by atoms with Crippen molar-refractivity contribution >= 4 is 26.8 Å². The summed E-state index contributed by atoms with van der Waals surface area (Å²) in [5, 5.41) is 0. The Kier molecular flexibility index (Phi) is 9.45. The molecule has 0 saturated carbocycles. The van der Waals surface area contributed by atoms with Gasteiger partial charge < -0.3 is 14.7 Å². The van der Waals surface area contributed by atoms with Gasteiger partial charge >= 0.3 is 7.60 Å². The Morgan fingerprint density at radius 2 is 1.13 bits per heavy atom. The number of nitrogens with zero attached hydrogens (tertiary/aromatic N) is 1. The lowest BCUT2D eigenvalue weighted by molar-refractivity contribution is 0.0651. The summed E-state index contributed by atoms with van der Waals surface area (Å²) in [6.45, 7) is 0.447. The summed E-state index contributed by atoms with van der Waals surface area (Å²) in [6.07, 6.45) is 8.01. The lowest BCUT2D eigenvalue weighted by Gasteiger charge is -2.13. The fraction of sp³-hybridized carbons (Fsp3) is 0.600. The Hall–Kier alpha value is -1.30. The number of carbonyl (C=O) groups is 2. The van der Waals surface area contributed by atoms with Gasteiger partial charge in [0.1, 0.15) is 5.90 Å². The Morgan fingerprint density at radius 3 is 1.60 bits per heavy atom. The van der Waals surface area contributed by atoms with Crippen LogP contribution in [0.25, 0.3) is 0 Å². The van der Waals surface area contributed by atoms with E-state index < -0.39 is 20.9 Å². The van der Waals surface area contributed by atoms with Crippen molar-refractivity contribution in [2.45, 2.75) is 57.8 Å². The average molecular weight is 459 g/mol. The van der Waals surface area contributed by atoms with E-state index in [4.69, 9.17) is 9.79 Å². The summed E-state index contributed by atoms with van der Waals surface area (Å²) < 4.78 is 22.5. The molecular weight excluding hydrogens is 428 g/mol. The number of carbonyl (C=O) groups excluding carboxylic acids is 2. The zero-order valence-corrected chi connectivity index (χ0v) is 18.9. The molecule has 10 heteroatoms. The molecule has 0 aliphatic carbocycles. The van der Waals surface area contributed by atoms with Crippen molar-refractivity contribution in [2.75, 3.05) is 18.6 Å². The number of hydrogen-bond donors (Lipinski definition) is 3. The molecule has 2 amide bonds. The average Bonchev–Trinajstić information content (AvgIpc) is 2.89. The third-order valence-electron chi connectivity index (χ3n) is 5.17. The summed E-state index contributed by atoms with van der Waals surface area (Å²) >= 11 is 0. The zero-order valence-electron chi connectivity index (χ0n) is 17.1. The predicted molar refractivity (Wildman–Crippen MR) is 115 cm³/mol. The molecule has 8 nitrogen and oxygen atoms in total. The maximum atomic E-state index is 12.3. The van der Waals surface area contributed by atoms with Gasteiger partial charge in [-0.2, -0.15) is 0 Å². The van der Waals surface area contributed by atoms with Crippen molar-refractivity contribution in [1.29, 1.82) is 0 Å². The van der Waals surface area contributed by atoms with E-state index in [1.807, 2.05) is 0 Å². The van der Waals surface area contributed by atoms with Crippen LogP contribution in [0.3, 0.4) is 0 Å². The van der Waals surface area contributed by atoms with Gasteiger partial charge in [0.05, 0.1) is 11.1 Å². The second-order valence-corrected chi connectivity index (χ2v) is 12.5. The van der Waals surface area contributed by atoms with Gasteiger partial charge in [0.15, 0.2) is 0 Å². The topological polar surface area (TPSA) is 132 Å². The first-order valence-corrected chi connectivity index (χ1v) is 14.2. The van der Waals surface area contributed by atoms with Crippen molar-refractivity contribution in [2.24, 2.45) is 0 Å². The molecule has 1 aliphatic heterocycles. The molecule has 0 spiro atoms. The highest BCUT2D eigenvalue weighted by Gasteiger charge is 2.34. The Labute approximate surface area is 177 Å². The number of fused-ring (bicyclic) bond motifs is 1. The van der Waals surface area contributed by atoms with Crippen molar-refractivity contribution in [1.82, 2.24) is 4.90 Å². The molecule has 0 bridgehead atoms. The Bertz CT molecular complexity index is 801. The molecule has 0 aromatic heterocycles. The van der Waals surface area contributed by atoms with Gasteiger partial charge in [0.2, 0.25) is 7.37 Å². The van der Waals surface area contributed by atoms with E-state index in [0.29, 0.717) is 24.1 Å². The van der Waals surface area contributed by atoms with Gasteiger partial charge in [-0.15, -0.1) is 0 Å². The standard InChI is InChI=1S/C20H31NO7P2/c22-19-17-12-8-9-13-18(17)20(23)21(19)14-10-6-4-2-1-3-5-7-11-15-29(24,25)16-30(26,27)28/h8-9,12-13H,1-7,10-11,14-16H2,(H,24,25)(H2,26,27,28). The van der Waals surface area contributed by atoms with Gasteiger partial charge in [-0.05, 0) is 25.0 Å². The fourth-order valence-corrected chi connectivity index (χ4v) is 7.25. The van der Waals surface area contributed by atoms with Crippen molar-refractivity contribution < 1.29 is 33.4 Å². The van der Waals surface area contributed by atoms with Crippen molar-refractivity contribution in [3.05, 3.63) is 35.4 Å². The SMILES string of the molecule is O=C1c2ccccc2C(=O)N1CCCCCCCCCCCP(=O)(O)CP(=O)(O)O. The quantitative estimate of drug-likeness (QED) is 0.216. The van der Waals surface area contributed by atoms with E-state index in [1.165, 1.54) is 4.90 Å². The van der Waals surface area contributed by atoms with Crippen LogP contribution in [0.15, 0.2) is 24.3 Å². The minimum atomic E-state index is -4.45. The predicted octanol–water partition coefficient (Wildman–Crippen LogP) is 4.20. The van der Waals surface area contributed by atoms with Crippen LogP contribution in [0.1, 0.15) is 78.5 Å². The number of unbranched alkanes of at least 4 members (excludes halogenated alkanes) is 8. The monoisotopic (exact) mass is 459 g/mol. The number of imide groups is 1. The third kappa shape index (κ3) is 8.09. The highest BCUT2D eigenvalue weighted by molar-refractivity contribution is 7.72. The minimum Gasteiger partial charge on any atom is -0.344 e. The molecule has 1 heterocycles. The molecule has 2 rings (SSSR count). The second kappa shape index (κ2) is 11.4. The van der Waals surface area contributed by atoms with Crippen LogP contribution in [0, 0.1) is 0 Å². The molecule has 1 atom stereocenters. The molecular formula is C20H31NO7P2. The van der Waals surface area contributed by atoms with Gasteiger partial charge in [0, 0.05) is 12.7 Å². The Balaban J connectivity index is 1.48. The fourth-order valence-electron chi connectivity index (χ4n) is 3.67. The summed E-state index contributed by atoms with van der Waals surface area (Å²) in [6, 6.07) is 6.90.